The lowest BCUT2D eigenvalue weighted by Gasteiger charge is -2.48. The summed E-state index contributed by atoms with van der Waals surface area (Å²) in [4.78, 5) is 16.0. The lowest BCUT2D eigenvalue weighted by Crippen LogP contribution is -2.56. The molecule has 0 bridgehead atoms. The summed E-state index contributed by atoms with van der Waals surface area (Å²) in [5.74, 6) is 0. The van der Waals surface area contributed by atoms with E-state index in [-0.39, 0.29) is 10.6 Å². The molecule has 0 amide bonds. The molecule has 0 aromatic heterocycles. The normalized spacial score (nSPS) is 15.3. The van der Waals surface area contributed by atoms with E-state index in [0.29, 0.717) is 0 Å². The van der Waals surface area contributed by atoms with Gasteiger partial charge in [0.25, 0.3) is 5.69 Å². The Kier molecular flexibility index (Phi) is 4.05. The van der Waals surface area contributed by atoms with Gasteiger partial charge in [-0.25, -0.2) is 0 Å². The highest BCUT2D eigenvalue weighted by atomic mass is 16.6. The first-order chi connectivity index (χ1) is 14.1. The first kappa shape index (κ1) is 17.7. The molecule has 5 rings (SSSR count). The van der Waals surface area contributed by atoms with Crippen LogP contribution in [0.5, 0.6) is 0 Å². The van der Waals surface area contributed by atoms with Crippen molar-refractivity contribution in [2.45, 2.75) is 25.4 Å². The van der Waals surface area contributed by atoms with Crippen LogP contribution in [-0.2, 0) is 18.5 Å². The number of rotatable bonds is 4. The molecule has 5 heteroatoms. The van der Waals surface area contributed by atoms with Crippen molar-refractivity contribution in [3.63, 3.8) is 0 Å². The third kappa shape index (κ3) is 2.69. The van der Waals surface area contributed by atoms with E-state index in [1.54, 1.807) is 18.2 Å². The van der Waals surface area contributed by atoms with Crippen molar-refractivity contribution in [2.75, 3.05) is 22.9 Å². The van der Waals surface area contributed by atoms with Gasteiger partial charge in [-0.2, -0.15) is 0 Å². The van der Waals surface area contributed by atoms with Crippen LogP contribution in [0.3, 0.4) is 0 Å². The molecule has 0 atom stereocenters. The summed E-state index contributed by atoms with van der Waals surface area (Å²) in [7, 11) is 0. The van der Waals surface area contributed by atoms with Crippen LogP contribution in [-0.4, -0.2) is 18.0 Å². The Morgan fingerprint density at radius 3 is 1.93 bits per heavy atom. The van der Waals surface area contributed by atoms with Gasteiger partial charge in [0.05, 0.1) is 4.92 Å². The van der Waals surface area contributed by atoms with Crippen molar-refractivity contribution < 1.29 is 4.92 Å². The maximum atomic E-state index is 11.5. The number of benzene rings is 3. The molecule has 0 fully saturated rings. The van der Waals surface area contributed by atoms with Gasteiger partial charge in [-0.3, -0.25) is 10.1 Å². The number of para-hydroxylation sites is 2. The van der Waals surface area contributed by atoms with Crippen molar-refractivity contribution in [2.24, 2.45) is 0 Å². The molecule has 0 N–H and O–H groups in total. The molecule has 29 heavy (non-hydrogen) atoms. The average Bonchev–Trinajstić information content (AvgIpc) is 3.38. The molecular weight excluding hydrogens is 362 g/mol. The Bertz CT molecular complexity index is 1040. The number of fused-ring (bicyclic) bond motifs is 2. The van der Waals surface area contributed by atoms with Gasteiger partial charge in [-0.05, 0) is 43.0 Å². The molecule has 2 aliphatic rings. The molecule has 3 aromatic rings. The highest BCUT2D eigenvalue weighted by molar-refractivity contribution is 5.68. The van der Waals surface area contributed by atoms with Gasteiger partial charge in [-0.1, -0.05) is 48.5 Å². The van der Waals surface area contributed by atoms with Crippen LogP contribution in [0.25, 0.3) is 0 Å². The van der Waals surface area contributed by atoms with E-state index in [2.05, 4.69) is 65.3 Å². The molecular formula is C24H23N3O2. The highest BCUT2D eigenvalue weighted by Gasteiger charge is 2.45. The summed E-state index contributed by atoms with van der Waals surface area (Å²) in [6, 6.07) is 24.1. The number of hydrogen-bond acceptors (Lipinski definition) is 4. The van der Waals surface area contributed by atoms with Crippen LogP contribution in [0, 0.1) is 10.1 Å². The Morgan fingerprint density at radius 2 is 1.38 bits per heavy atom. The van der Waals surface area contributed by atoms with E-state index in [0.717, 1.165) is 31.5 Å². The number of nitro benzene ring substituents is 1. The number of nitro groups is 1. The first-order valence-corrected chi connectivity index (χ1v) is 10.0. The SMILES string of the molecule is CC(c1cccc([N+](=O)[O-])c1)(N1CCc2ccccc21)N1CCc2ccccc21. The van der Waals surface area contributed by atoms with Crippen molar-refractivity contribution >= 4 is 17.1 Å². The van der Waals surface area contributed by atoms with Crippen molar-refractivity contribution in [1.29, 1.82) is 0 Å². The first-order valence-electron chi connectivity index (χ1n) is 10.0. The number of non-ortho nitro benzene ring substituents is 1. The Morgan fingerprint density at radius 1 is 0.828 bits per heavy atom. The molecule has 0 aliphatic carbocycles. The zero-order chi connectivity index (χ0) is 20.0. The molecule has 0 spiro atoms. The van der Waals surface area contributed by atoms with Gasteiger partial charge in [-0.15, -0.1) is 0 Å². The molecule has 0 saturated heterocycles. The zero-order valence-electron chi connectivity index (χ0n) is 16.4. The number of anilines is 2. The molecule has 2 heterocycles. The minimum Gasteiger partial charge on any atom is -0.345 e. The molecule has 0 unspecified atom stereocenters. The van der Waals surface area contributed by atoms with E-state index in [1.165, 1.54) is 22.5 Å². The van der Waals surface area contributed by atoms with Crippen molar-refractivity contribution in [3.8, 4) is 0 Å². The fourth-order valence-electron chi connectivity index (χ4n) is 4.95. The van der Waals surface area contributed by atoms with Gasteiger partial charge < -0.3 is 9.80 Å². The van der Waals surface area contributed by atoms with E-state index in [4.69, 9.17) is 0 Å². The number of hydrogen-bond donors (Lipinski definition) is 0. The standard InChI is InChI=1S/C24H23N3O2/c1-24(20-9-6-10-21(17-20)27(28)29,25-15-13-18-7-2-4-11-22(18)25)26-16-14-19-8-3-5-12-23(19)26/h2-12,17H,13-16H2,1H3. The third-order valence-corrected chi connectivity index (χ3v) is 6.43. The Labute approximate surface area is 170 Å². The van der Waals surface area contributed by atoms with E-state index in [9.17, 15) is 10.1 Å². The Hall–Kier alpha value is -3.34. The van der Waals surface area contributed by atoms with Crippen LogP contribution in [0.2, 0.25) is 0 Å². The summed E-state index contributed by atoms with van der Waals surface area (Å²) in [5, 5.41) is 11.5. The van der Waals surface area contributed by atoms with Crippen LogP contribution in [0.15, 0.2) is 72.8 Å². The van der Waals surface area contributed by atoms with E-state index < -0.39 is 5.66 Å². The van der Waals surface area contributed by atoms with Crippen molar-refractivity contribution in [1.82, 2.24) is 0 Å². The predicted molar refractivity (Wildman–Crippen MR) is 115 cm³/mol. The molecule has 5 nitrogen and oxygen atoms in total. The lowest BCUT2D eigenvalue weighted by molar-refractivity contribution is -0.385. The average molecular weight is 385 g/mol. The maximum Gasteiger partial charge on any atom is 0.269 e. The van der Waals surface area contributed by atoms with Gasteiger partial charge in [0.2, 0.25) is 0 Å². The fraction of sp³-hybridized carbons (Fsp3) is 0.250. The second-order valence-corrected chi connectivity index (χ2v) is 7.89. The summed E-state index contributed by atoms with van der Waals surface area (Å²) in [6.45, 7) is 3.98. The largest absolute Gasteiger partial charge is 0.345 e. The number of nitrogens with zero attached hydrogens (tertiary/aromatic N) is 3. The molecule has 146 valence electrons. The fourth-order valence-corrected chi connectivity index (χ4v) is 4.95. The van der Waals surface area contributed by atoms with Crippen LogP contribution in [0.1, 0.15) is 23.6 Å². The maximum absolute atomic E-state index is 11.5. The third-order valence-electron chi connectivity index (χ3n) is 6.43. The summed E-state index contributed by atoms with van der Waals surface area (Å²) in [6.07, 6.45) is 1.96. The quantitative estimate of drug-likeness (QED) is 0.474. The minimum absolute atomic E-state index is 0.133. The van der Waals surface area contributed by atoms with Gasteiger partial charge >= 0.3 is 0 Å². The van der Waals surface area contributed by atoms with Crippen LogP contribution < -0.4 is 9.80 Å². The van der Waals surface area contributed by atoms with Crippen molar-refractivity contribution in [3.05, 3.63) is 99.6 Å². The topological polar surface area (TPSA) is 49.6 Å². The summed E-state index contributed by atoms with van der Waals surface area (Å²) in [5.41, 5.74) is 5.64. The van der Waals surface area contributed by atoms with Crippen LogP contribution >= 0.6 is 0 Å². The second kappa shape index (κ2) is 6.62. The zero-order valence-corrected chi connectivity index (χ0v) is 16.4. The molecule has 2 aliphatic heterocycles. The van der Waals surface area contributed by atoms with E-state index in [1.807, 2.05) is 6.07 Å². The predicted octanol–water partition coefficient (Wildman–Crippen LogP) is 4.89. The highest BCUT2D eigenvalue weighted by Crippen LogP contribution is 2.46. The second-order valence-electron chi connectivity index (χ2n) is 7.89. The molecule has 0 saturated carbocycles. The minimum atomic E-state index is -0.523. The van der Waals surface area contributed by atoms with E-state index >= 15 is 0 Å². The van der Waals surface area contributed by atoms with Gasteiger partial charge in [0.1, 0.15) is 5.66 Å². The monoisotopic (exact) mass is 385 g/mol. The van der Waals surface area contributed by atoms with Gasteiger partial charge in [0, 0.05) is 42.2 Å². The smallest absolute Gasteiger partial charge is 0.269 e. The summed E-state index contributed by atoms with van der Waals surface area (Å²) < 4.78 is 0. The Balaban J connectivity index is 1.71. The molecule has 3 aromatic carbocycles. The van der Waals surface area contributed by atoms with Gasteiger partial charge in [0.15, 0.2) is 0 Å². The van der Waals surface area contributed by atoms with Crippen LogP contribution in [0.4, 0.5) is 17.1 Å². The summed E-state index contributed by atoms with van der Waals surface area (Å²) >= 11 is 0. The lowest BCUT2D eigenvalue weighted by atomic mass is 9.95. The molecule has 0 radical (unpaired) electrons.